The lowest BCUT2D eigenvalue weighted by Gasteiger charge is -2.33. The Kier molecular flexibility index (Phi) is 5.47. The van der Waals surface area contributed by atoms with Gasteiger partial charge in [-0.25, -0.2) is 0 Å². The van der Waals surface area contributed by atoms with Crippen molar-refractivity contribution < 1.29 is 4.74 Å². The fourth-order valence-corrected chi connectivity index (χ4v) is 3.42. The first-order valence-corrected chi connectivity index (χ1v) is 8.00. The molecule has 0 amide bonds. The van der Waals surface area contributed by atoms with Crippen molar-refractivity contribution in [1.82, 2.24) is 5.32 Å². The Hall–Kier alpha value is -1.02. The van der Waals surface area contributed by atoms with Crippen molar-refractivity contribution in [2.45, 2.75) is 58.5 Å². The van der Waals surface area contributed by atoms with Gasteiger partial charge < -0.3 is 10.1 Å². The summed E-state index contributed by atoms with van der Waals surface area (Å²) in [6.45, 7) is 6.96. The minimum atomic E-state index is 0.353. The van der Waals surface area contributed by atoms with E-state index < -0.39 is 0 Å². The van der Waals surface area contributed by atoms with Crippen molar-refractivity contribution >= 4 is 0 Å². The van der Waals surface area contributed by atoms with Gasteiger partial charge in [0.25, 0.3) is 0 Å². The SMILES string of the molecule is COc1ccccc1[C@@H](C)NC1CCC(C(C)C)CC1. The molecule has 112 valence electrons. The van der Waals surface area contributed by atoms with Crippen LogP contribution in [0.15, 0.2) is 24.3 Å². The summed E-state index contributed by atoms with van der Waals surface area (Å²) in [7, 11) is 1.75. The van der Waals surface area contributed by atoms with Crippen LogP contribution in [0.3, 0.4) is 0 Å². The van der Waals surface area contributed by atoms with Gasteiger partial charge in [0.05, 0.1) is 7.11 Å². The Morgan fingerprint density at radius 3 is 2.30 bits per heavy atom. The number of rotatable bonds is 5. The summed E-state index contributed by atoms with van der Waals surface area (Å²) in [6.07, 6.45) is 5.35. The van der Waals surface area contributed by atoms with Crippen LogP contribution in [-0.4, -0.2) is 13.2 Å². The third-order valence-electron chi connectivity index (χ3n) is 4.81. The molecule has 2 heteroatoms. The highest BCUT2D eigenvalue weighted by atomic mass is 16.5. The van der Waals surface area contributed by atoms with Gasteiger partial charge in [-0.2, -0.15) is 0 Å². The highest BCUT2D eigenvalue weighted by molar-refractivity contribution is 5.35. The number of ether oxygens (including phenoxy) is 1. The van der Waals surface area contributed by atoms with Gasteiger partial charge in [0.1, 0.15) is 5.75 Å². The van der Waals surface area contributed by atoms with Gasteiger partial charge in [0, 0.05) is 17.6 Å². The molecular formula is C18H29NO. The maximum absolute atomic E-state index is 5.46. The average molecular weight is 275 g/mol. The molecule has 1 aliphatic carbocycles. The first kappa shape index (κ1) is 15.4. The first-order chi connectivity index (χ1) is 9.61. The van der Waals surface area contributed by atoms with E-state index in [-0.39, 0.29) is 0 Å². The molecule has 0 heterocycles. The van der Waals surface area contributed by atoms with Crippen LogP contribution < -0.4 is 10.1 Å². The van der Waals surface area contributed by atoms with Gasteiger partial charge in [-0.05, 0) is 50.5 Å². The quantitative estimate of drug-likeness (QED) is 0.850. The maximum Gasteiger partial charge on any atom is 0.123 e. The second-order valence-corrected chi connectivity index (χ2v) is 6.49. The lowest BCUT2D eigenvalue weighted by atomic mass is 9.79. The molecular weight excluding hydrogens is 246 g/mol. The van der Waals surface area contributed by atoms with Crippen LogP contribution in [0.1, 0.15) is 58.1 Å². The largest absolute Gasteiger partial charge is 0.496 e. The van der Waals surface area contributed by atoms with Crippen LogP contribution >= 0.6 is 0 Å². The minimum Gasteiger partial charge on any atom is -0.496 e. The highest BCUT2D eigenvalue weighted by Gasteiger charge is 2.24. The lowest BCUT2D eigenvalue weighted by molar-refractivity contribution is 0.230. The fraction of sp³-hybridized carbons (Fsp3) is 0.667. The first-order valence-electron chi connectivity index (χ1n) is 8.00. The normalized spacial score (nSPS) is 24.6. The summed E-state index contributed by atoms with van der Waals surface area (Å²) in [4.78, 5) is 0. The van der Waals surface area contributed by atoms with Gasteiger partial charge in [-0.1, -0.05) is 32.0 Å². The van der Waals surface area contributed by atoms with E-state index in [1.54, 1.807) is 7.11 Å². The number of methoxy groups -OCH3 is 1. The molecule has 20 heavy (non-hydrogen) atoms. The number of para-hydroxylation sites is 1. The molecule has 1 aromatic carbocycles. The molecule has 1 aliphatic rings. The molecule has 1 saturated carbocycles. The van der Waals surface area contributed by atoms with E-state index in [0.717, 1.165) is 17.6 Å². The molecule has 2 nitrogen and oxygen atoms in total. The van der Waals surface area contributed by atoms with Crippen molar-refractivity contribution in [2.24, 2.45) is 11.8 Å². The Bertz CT molecular complexity index is 408. The van der Waals surface area contributed by atoms with E-state index in [0.29, 0.717) is 12.1 Å². The summed E-state index contributed by atoms with van der Waals surface area (Å²) in [6, 6.07) is 9.34. The molecule has 1 N–H and O–H groups in total. The molecule has 0 radical (unpaired) electrons. The van der Waals surface area contributed by atoms with Crippen molar-refractivity contribution in [2.75, 3.05) is 7.11 Å². The average Bonchev–Trinajstić information content (AvgIpc) is 2.47. The van der Waals surface area contributed by atoms with Crippen LogP contribution in [-0.2, 0) is 0 Å². The van der Waals surface area contributed by atoms with Crippen LogP contribution in [0.2, 0.25) is 0 Å². The third-order valence-corrected chi connectivity index (χ3v) is 4.81. The summed E-state index contributed by atoms with van der Waals surface area (Å²) in [5, 5.41) is 3.79. The molecule has 0 spiro atoms. The second-order valence-electron chi connectivity index (χ2n) is 6.49. The van der Waals surface area contributed by atoms with E-state index in [4.69, 9.17) is 4.74 Å². The second kappa shape index (κ2) is 7.12. The van der Waals surface area contributed by atoms with Crippen molar-refractivity contribution in [3.63, 3.8) is 0 Å². The predicted molar refractivity (Wildman–Crippen MR) is 85.1 cm³/mol. The number of nitrogens with one attached hydrogen (secondary N) is 1. The van der Waals surface area contributed by atoms with Gasteiger partial charge in [0.2, 0.25) is 0 Å². The smallest absolute Gasteiger partial charge is 0.123 e. The van der Waals surface area contributed by atoms with Gasteiger partial charge >= 0.3 is 0 Å². The fourth-order valence-electron chi connectivity index (χ4n) is 3.42. The summed E-state index contributed by atoms with van der Waals surface area (Å²) in [5.74, 6) is 2.75. The van der Waals surface area contributed by atoms with Crippen molar-refractivity contribution in [3.05, 3.63) is 29.8 Å². The molecule has 1 aromatic rings. The monoisotopic (exact) mass is 275 g/mol. The van der Waals surface area contributed by atoms with Gasteiger partial charge in [-0.3, -0.25) is 0 Å². The van der Waals surface area contributed by atoms with Crippen molar-refractivity contribution in [1.29, 1.82) is 0 Å². The van der Waals surface area contributed by atoms with E-state index in [2.05, 4.69) is 38.2 Å². The van der Waals surface area contributed by atoms with E-state index in [1.165, 1.54) is 31.2 Å². The molecule has 0 aliphatic heterocycles. The van der Waals surface area contributed by atoms with E-state index in [9.17, 15) is 0 Å². The third kappa shape index (κ3) is 3.76. The standard InChI is InChI=1S/C18H29NO/c1-13(2)15-9-11-16(12-10-15)19-14(3)17-7-5-6-8-18(17)20-4/h5-8,13-16,19H,9-12H2,1-4H3/t14-,15?,16?/m1/s1. The number of hydrogen-bond acceptors (Lipinski definition) is 2. The lowest BCUT2D eigenvalue weighted by Crippen LogP contribution is -2.35. The molecule has 1 fully saturated rings. The Labute approximate surface area is 123 Å². The van der Waals surface area contributed by atoms with Crippen molar-refractivity contribution in [3.8, 4) is 5.75 Å². The maximum atomic E-state index is 5.46. The Balaban J connectivity index is 1.91. The molecule has 0 unspecified atom stereocenters. The summed E-state index contributed by atoms with van der Waals surface area (Å²) in [5.41, 5.74) is 1.26. The zero-order valence-electron chi connectivity index (χ0n) is 13.4. The summed E-state index contributed by atoms with van der Waals surface area (Å²) >= 11 is 0. The Morgan fingerprint density at radius 1 is 1.05 bits per heavy atom. The zero-order valence-corrected chi connectivity index (χ0v) is 13.4. The molecule has 0 aromatic heterocycles. The van der Waals surface area contributed by atoms with E-state index >= 15 is 0 Å². The Morgan fingerprint density at radius 2 is 1.70 bits per heavy atom. The topological polar surface area (TPSA) is 21.3 Å². The number of benzene rings is 1. The molecule has 1 atom stereocenters. The van der Waals surface area contributed by atoms with Crippen LogP contribution in [0, 0.1) is 11.8 Å². The molecule has 2 rings (SSSR count). The van der Waals surface area contributed by atoms with Crippen LogP contribution in [0.5, 0.6) is 5.75 Å². The van der Waals surface area contributed by atoms with E-state index in [1.807, 2.05) is 12.1 Å². The van der Waals surface area contributed by atoms with Crippen LogP contribution in [0.25, 0.3) is 0 Å². The van der Waals surface area contributed by atoms with Gasteiger partial charge in [-0.15, -0.1) is 0 Å². The minimum absolute atomic E-state index is 0.353. The van der Waals surface area contributed by atoms with Crippen LogP contribution in [0.4, 0.5) is 0 Å². The molecule has 0 bridgehead atoms. The number of hydrogen-bond donors (Lipinski definition) is 1. The predicted octanol–water partition coefficient (Wildman–Crippen LogP) is 4.56. The van der Waals surface area contributed by atoms with Gasteiger partial charge in [0.15, 0.2) is 0 Å². The summed E-state index contributed by atoms with van der Waals surface area (Å²) < 4.78 is 5.46. The highest BCUT2D eigenvalue weighted by Crippen LogP contribution is 2.32. The molecule has 0 saturated heterocycles. The zero-order chi connectivity index (χ0) is 14.5.